The number of ether oxygens (including phenoxy) is 1. The van der Waals surface area contributed by atoms with E-state index in [1.165, 1.54) is 0 Å². The van der Waals surface area contributed by atoms with Crippen LogP contribution in [0, 0.1) is 0 Å². The van der Waals surface area contributed by atoms with Crippen LogP contribution in [0.3, 0.4) is 0 Å². The monoisotopic (exact) mass is 293 g/mol. The van der Waals surface area contributed by atoms with Gasteiger partial charge in [0.05, 0.1) is 18.3 Å². The molecule has 0 aliphatic heterocycles. The number of hydrogen-bond donors (Lipinski definition) is 3. The van der Waals surface area contributed by atoms with Crippen molar-refractivity contribution in [2.75, 3.05) is 13.2 Å². The lowest BCUT2D eigenvalue weighted by atomic mass is 9.97. The van der Waals surface area contributed by atoms with Crippen molar-refractivity contribution in [3.05, 3.63) is 29.3 Å². The molecule has 7 heteroatoms. The van der Waals surface area contributed by atoms with Crippen LogP contribution in [0.15, 0.2) is 18.2 Å². The second-order valence-electron chi connectivity index (χ2n) is 4.30. The van der Waals surface area contributed by atoms with E-state index in [2.05, 4.69) is 0 Å². The fourth-order valence-electron chi connectivity index (χ4n) is 1.78. The number of hydrogen-bond acceptors (Lipinski definition) is 4. The molecule has 0 saturated carbocycles. The lowest BCUT2D eigenvalue weighted by Crippen LogP contribution is -2.30. The highest BCUT2D eigenvalue weighted by molar-refractivity contribution is 5.40. The Morgan fingerprint density at radius 3 is 2.50 bits per heavy atom. The summed E-state index contributed by atoms with van der Waals surface area (Å²) in [5.74, 6) is 0.154. The summed E-state index contributed by atoms with van der Waals surface area (Å²) in [6, 6.07) is 2.00. The molecule has 0 radical (unpaired) electrons. The summed E-state index contributed by atoms with van der Waals surface area (Å²) in [4.78, 5) is 0. The van der Waals surface area contributed by atoms with Gasteiger partial charge in [-0.25, -0.2) is 0 Å². The van der Waals surface area contributed by atoms with Crippen LogP contribution in [-0.4, -0.2) is 29.5 Å². The largest absolute Gasteiger partial charge is 0.493 e. The Balaban J connectivity index is 3.17. The number of halogens is 3. The Morgan fingerprint density at radius 2 is 2.00 bits per heavy atom. The summed E-state index contributed by atoms with van der Waals surface area (Å²) in [5.41, 5.74) is 4.73. The van der Waals surface area contributed by atoms with Gasteiger partial charge in [0.15, 0.2) is 0 Å². The topological polar surface area (TPSA) is 75.7 Å². The summed E-state index contributed by atoms with van der Waals surface area (Å²) in [6.07, 6.45) is -5.78. The molecule has 1 rings (SSSR count). The van der Waals surface area contributed by atoms with Gasteiger partial charge in [-0.3, -0.25) is 0 Å². The standard InChI is InChI=1S/C13H18F3NO3/c1-2-20-11-4-3-8(13(14,15)16)7-9(11)12(19)10(17)5-6-18/h3-4,7,10,12,18-19H,2,5-6,17H2,1H3. The molecule has 0 aliphatic carbocycles. The second-order valence-corrected chi connectivity index (χ2v) is 4.30. The van der Waals surface area contributed by atoms with Crippen LogP contribution >= 0.6 is 0 Å². The zero-order chi connectivity index (χ0) is 15.3. The maximum absolute atomic E-state index is 12.7. The van der Waals surface area contributed by atoms with Crippen LogP contribution in [0.5, 0.6) is 5.75 Å². The van der Waals surface area contributed by atoms with E-state index in [0.717, 1.165) is 18.2 Å². The molecule has 1 aromatic rings. The third kappa shape index (κ3) is 4.09. The van der Waals surface area contributed by atoms with Gasteiger partial charge < -0.3 is 20.7 Å². The maximum atomic E-state index is 12.7. The Labute approximate surface area is 115 Å². The van der Waals surface area contributed by atoms with E-state index in [4.69, 9.17) is 15.6 Å². The van der Waals surface area contributed by atoms with Crippen LogP contribution in [-0.2, 0) is 6.18 Å². The van der Waals surface area contributed by atoms with Gasteiger partial charge in [-0.15, -0.1) is 0 Å². The predicted octanol–water partition coefficient (Wildman–Crippen LogP) is 1.85. The molecule has 0 fully saturated rings. The highest BCUT2D eigenvalue weighted by Crippen LogP contribution is 2.35. The number of rotatable bonds is 6. The second kappa shape index (κ2) is 6.92. The van der Waals surface area contributed by atoms with E-state index in [9.17, 15) is 18.3 Å². The zero-order valence-electron chi connectivity index (χ0n) is 11.0. The normalized spacial score (nSPS) is 14.9. The molecule has 114 valence electrons. The summed E-state index contributed by atoms with van der Waals surface area (Å²) in [6.45, 7) is 1.67. The van der Waals surface area contributed by atoms with Crippen molar-refractivity contribution in [2.24, 2.45) is 5.73 Å². The molecule has 1 aromatic carbocycles. The SMILES string of the molecule is CCOc1ccc(C(F)(F)F)cc1C(O)C(N)CCO. The van der Waals surface area contributed by atoms with Crippen molar-refractivity contribution in [1.82, 2.24) is 0 Å². The average molecular weight is 293 g/mol. The molecule has 0 heterocycles. The molecule has 0 aromatic heterocycles. The Hall–Kier alpha value is -1.31. The van der Waals surface area contributed by atoms with E-state index in [0.29, 0.717) is 0 Å². The summed E-state index contributed by atoms with van der Waals surface area (Å²) in [7, 11) is 0. The fourth-order valence-corrected chi connectivity index (χ4v) is 1.78. The summed E-state index contributed by atoms with van der Waals surface area (Å²) >= 11 is 0. The first-order valence-electron chi connectivity index (χ1n) is 6.19. The highest BCUT2D eigenvalue weighted by atomic mass is 19.4. The van der Waals surface area contributed by atoms with Gasteiger partial charge in [0.25, 0.3) is 0 Å². The number of nitrogens with two attached hydrogens (primary N) is 1. The minimum Gasteiger partial charge on any atom is -0.493 e. The molecule has 2 atom stereocenters. The average Bonchev–Trinajstić information content (AvgIpc) is 2.37. The third-order valence-electron chi connectivity index (χ3n) is 2.82. The van der Waals surface area contributed by atoms with E-state index < -0.39 is 23.9 Å². The van der Waals surface area contributed by atoms with Crippen molar-refractivity contribution in [3.8, 4) is 5.75 Å². The number of alkyl halides is 3. The van der Waals surface area contributed by atoms with Crippen molar-refractivity contribution >= 4 is 0 Å². The zero-order valence-corrected chi connectivity index (χ0v) is 11.0. The highest BCUT2D eigenvalue weighted by Gasteiger charge is 2.32. The Bertz CT molecular complexity index is 437. The molecule has 0 amide bonds. The molecule has 0 spiro atoms. The van der Waals surface area contributed by atoms with Gasteiger partial charge in [0.2, 0.25) is 0 Å². The molecule has 4 nitrogen and oxygen atoms in total. The minimum absolute atomic E-state index is 0.0253. The van der Waals surface area contributed by atoms with Gasteiger partial charge >= 0.3 is 6.18 Å². The van der Waals surface area contributed by atoms with Crippen molar-refractivity contribution in [3.63, 3.8) is 0 Å². The Morgan fingerprint density at radius 1 is 1.35 bits per heavy atom. The Kier molecular flexibility index (Phi) is 5.79. The number of benzene rings is 1. The molecule has 0 aliphatic rings. The maximum Gasteiger partial charge on any atom is 0.416 e. The van der Waals surface area contributed by atoms with Gasteiger partial charge in [-0.2, -0.15) is 13.2 Å². The minimum atomic E-state index is -4.51. The van der Waals surface area contributed by atoms with Crippen molar-refractivity contribution in [1.29, 1.82) is 0 Å². The van der Waals surface area contributed by atoms with Crippen LogP contribution in [0.1, 0.15) is 30.6 Å². The molecular formula is C13H18F3NO3. The number of aliphatic hydroxyl groups excluding tert-OH is 2. The molecule has 20 heavy (non-hydrogen) atoms. The van der Waals surface area contributed by atoms with Crippen LogP contribution in [0.4, 0.5) is 13.2 Å². The quantitative estimate of drug-likeness (QED) is 0.748. The first-order valence-corrected chi connectivity index (χ1v) is 6.19. The summed E-state index contributed by atoms with van der Waals surface area (Å²) in [5, 5.41) is 18.8. The number of aliphatic hydroxyl groups is 2. The predicted molar refractivity (Wildman–Crippen MR) is 67.3 cm³/mol. The van der Waals surface area contributed by atoms with Gasteiger partial charge in [0, 0.05) is 18.2 Å². The summed E-state index contributed by atoms with van der Waals surface area (Å²) < 4.78 is 43.3. The van der Waals surface area contributed by atoms with Gasteiger partial charge in [0.1, 0.15) is 5.75 Å². The first-order chi connectivity index (χ1) is 9.31. The fraction of sp³-hybridized carbons (Fsp3) is 0.538. The van der Waals surface area contributed by atoms with E-state index in [1.807, 2.05) is 0 Å². The van der Waals surface area contributed by atoms with Gasteiger partial charge in [-0.05, 0) is 31.5 Å². The molecule has 2 unspecified atom stereocenters. The van der Waals surface area contributed by atoms with Crippen LogP contribution in [0.2, 0.25) is 0 Å². The van der Waals surface area contributed by atoms with Crippen LogP contribution in [0.25, 0.3) is 0 Å². The van der Waals surface area contributed by atoms with Crippen molar-refractivity contribution in [2.45, 2.75) is 31.7 Å². The lowest BCUT2D eigenvalue weighted by molar-refractivity contribution is -0.137. The van der Waals surface area contributed by atoms with E-state index in [1.54, 1.807) is 6.92 Å². The van der Waals surface area contributed by atoms with Gasteiger partial charge in [-0.1, -0.05) is 0 Å². The molecular weight excluding hydrogens is 275 g/mol. The first kappa shape index (κ1) is 16.7. The molecule has 0 bridgehead atoms. The molecule has 0 saturated heterocycles. The smallest absolute Gasteiger partial charge is 0.416 e. The molecule has 4 N–H and O–H groups in total. The van der Waals surface area contributed by atoms with Crippen molar-refractivity contribution < 1.29 is 28.1 Å². The van der Waals surface area contributed by atoms with E-state index in [-0.39, 0.29) is 30.9 Å². The van der Waals surface area contributed by atoms with Crippen LogP contribution < -0.4 is 10.5 Å². The van der Waals surface area contributed by atoms with E-state index >= 15 is 0 Å². The lowest BCUT2D eigenvalue weighted by Gasteiger charge is -2.22. The third-order valence-corrected chi connectivity index (χ3v) is 2.82.